The van der Waals surface area contributed by atoms with Crippen LogP contribution >= 0.6 is 0 Å². The van der Waals surface area contributed by atoms with Gasteiger partial charge in [0.05, 0.1) is 10.6 Å². The first-order chi connectivity index (χ1) is 11.4. The van der Waals surface area contributed by atoms with Crippen LogP contribution in [-0.2, 0) is 14.8 Å². The Morgan fingerprint density at radius 2 is 1.67 bits per heavy atom. The zero-order chi connectivity index (χ0) is 17.6. The second kappa shape index (κ2) is 7.97. The van der Waals surface area contributed by atoms with E-state index in [9.17, 15) is 13.2 Å². The van der Waals surface area contributed by atoms with Gasteiger partial charge >= 0.3 is 0 Å². The van der Waals surface area contributed by atoms with E-state index < -0.39 is 10.0 Å². The molecule has 2 rings (SSSR count). The van der Waals surface area contributed by atoms with Gasteiger partial charge in [-0.05, 0) is 42.8 Å². The Hall–Kier alpha value is -2.34. The minimum atomic E-state index is -3.65. The quantitative estimate of drug-likeness (QED) is 0.832. The lowest BCUT2D eigenvalue weighted by molar-refractivity contribution is -0.114. The monoisotopic (exact) mass is 346 g/mol. The summed E-state index contributed by atoms with van der Waals surface area (Å²) in [4.78, 5) is 11.3. The summed E-state index contributed by atoms with van der Waals surface area (Å²) >= 11 is 0. The van der Waals surface area contributed by atoms with Gasteiger partial charge in [0.1, 0.15) is 0 Å². The van der Waals surface area contributed by atoms with Crippen LogP contribution in [0.3, 0.4) is 0 Å². The molecular formula is C18H22N2O3S. The molecule has 0 heterocycles. The van der Waals surface area contributed by atoms with Gasteiger partial charge < -0.3 is 5.32 Å². The number of nitrogens with one attached hydrogen (secondary N) is 1. The van der Waals surface area contributed by atoms with Gasteiger partial charge in [0.2, 0.25) is 5.91 Å². The van der Waals surface area contributed by atoms with Crippen LogP contribution < -0.4 is 9.62 Å². The summed E-state index contributed by atoms with van der Waals surface area (Å²) in [7, 11) is -3.65. The van der Waals surface area contributed by atoms with Gasteiger partial charge in [-0.25, -0.2) is 8.42 Å². The molecule has 0 aromatic heterocycles. The normalized spacial score (nSPS) is 11.1. The van der Waals surface area contributed by atoms with E-state index in [0.29, 0.717) is 17.9 Å². The lowest BCUT2D eigenvalue weighted by Crippen LogP contribution is -2.32. The first kappa shape index (κ1) is 18.0. The Labute approximate surface area is 143 Å². The summed E-state index contributed by atoms with van der Waals surface area (Å²) in [6, 6.07) is 15.3. The smallest absolute Gasteiger partial charge is 0.264 e. The van der Waals surface area contributed by atoms with E-state index in [-0.39, 0.29) is 10.8 Å². The van der Waals surface area contributed by atoms with E-state index in [1.165, 1.54) is 23.4 Å². The van der Waals surface area contributed by atoms with E-state index in [4.69, 9.17) is 0 Å². The molecule has 0 atom stereocenters. The third-order valence-electron chi connectivity index (χ3n) is 3.52. The number of nitrogens with zero attached hydrogens (tertiary/aromatic N) is 1. The van der Waals surface area contributed by atoms with E-state index in [1.54, 1.807) is 24.3 Å². The summed E-state index contributed by atoms with van der Waals surface area (Å²) in [5.41, 5.74) is 1.22. The van der Waals surface area contributed by atoms with Crippen LogP contribution in [0.2, 0.25) is 0 Å². The van der Waals surface area contributed by atoms with Gasteiger partial charge in [-0.1, -0.05) is 31.5 Å². The number of carbonyl (C=O) groups is 1. The topological polar surface area (TPSA) is 66.5 Å². The number of hydrogen-bond acceptors (Lipinski definition) is 3. The third kappa shape index (κ3) is 4.35. The maximum atomic E-state index is 13.0. The molecule has 0 fully saturated rings. The molecule has 1 amide bonds. The number of unbranched alkanes of at least 4 members (excludes halogenated alkanes) is 1. The fraction of sp³-hybridized carbons (Fsp3) is 0.278. The molecule has 0 unspecified atom stereocenters. The molecule has 0 aliphatic heterocycles. The average molecular weight is 346 g/mol. The van der Waals surface area contributed by atoms with Gasteiger partial charge in [-0.3, -0.25) is 9.10 Å². The van der Waals surface area contributed by atoms with Crippen molar-refractivity contribution in [3.8, 4) is 0 Å². The molecule has 0 spiro atoms. The van der Waals surface area contributed by atoms with Crippen molar-refractivity contribution >= 4 is 27.3 Å². The molecule has 2 aromatic rings. The Bertz CT molecular complexity index is 772. The molecule has 0 saturated carbocycles. The van der Waals surface area contributed by atoms with Crippen LogP contribution in [0.25, 0.3) is 0 Å². The first-order valence-electron chi connectivity index (χ1n) is 7.90. The number of hydrogen-bond donors (Lipinski definition) is 1. The maximum absolute atomic E-state index is 13.0. The van der Waals surface area contributed by atoms with Crippen LogP contribution in [0.15, 0.2) is 59.5 Å². The zero-order valence-electron chi connectivity index (χ0n) is 13.9. The summed E-state index contributed by atoms with van der Waals surface area (Å²) in [6.07, 6.45) is 1.68. The third-order valence-corrected chi connectivity index (χ3v) is 5.36. The largest absolute Gasteiger partial charge is 0.326 e. The van der Waals surface area contributed by atoms with E-state index in [1.807, 2.05) is 25.1 Å². The molecule has 0 aliphatic rings. The molecule has 0 radical (unpaired) electrons. The lowest BCUT2D eigenvalue weighted by atomic mass is 10.3. The molecule has 6 heteroatoms. The Morgan fingerprint density at radius 3 is 2.21 bits per heavy atom. The van der Waals surface area contributed by atoms with Gasteiger partial charge in [0.25, 0.3) is 10.0 Å². The SMILES string of the molecule is CCCCN(c1ccccc1)S(=O)(=O)c1ccc(NC(C)=O)cc1. The van der Waals surface area contributed by atoms with E-state index in [0.717, 1.165) is 12.8 Å². The van der Waals surface area contributed by atoms with Crippen LogP contribution in [-0.4, -0.2) is 20.9 Å². The van der Waals surface area contributed by atoms with Gasteiger partial charge in [-0.2, -0.15) is 0 Å². The highest BCUT2D eigenvalue weighted by Crippen LogP contribution is 2.25. The zero-order valence-corrected chi connectivity index (χ0v) is 14.7. The van der Waals surface area contributed by atoms with E-state index >= 15 is 0 Å². The van der Waals surface area contributed by atoms with Gasteiger partial charge in [0, 0.05) is 19.2 Å². The van der Waals surface area contributed by atoms with Crippen LogP contribution in [0.5, 0.6) is 0 Å². The van der Waals surface area contributed by atoms with E-state index in [2.05, 4.69) is 5.32 Å². The summed E-state index contributed by atoms with van der Waals surface area (Å²) in [6.45, 7) is 3.86. The molecule has 0 bridgehead atoms. The van der Waals surface area contributed by atoms with Crippen molar-refractivity contribution in [1.29, 1.82) is 0 Å². The number of rotatable bonds is 7. The first-order valence-corrected chi connectivity index (χ1v) is 9.34. The summed E-state index contributed by atoms with van der Waals surface area (Å²) in [5, 5.41) is 2.63. The predicted octanol–water partition coefficient (Wildman–Crippen LogP) is 3.64. The van der Waals surface area contributed by atoms with Crippen molar-refractivity contribution in [2.75, 3.05) is 16.2 Å². The van der Waals surface area contributed by atoms with Crippen molar-refractivity contribution in [3.63, 3.8) is 0 Å². The molecule has 24 heavy (non-hydrogen) atoms. The fourth-order valence-corrected chi connectivity index (χ4v) is 3.83. The summed E-state index contributed by atoms with van der Waals surface area (Å²) in [5.74, 6) is -0.195. The Kier molecular flexibility index (Phi) is 5.98. The lowest BCUT2D eigenvalue weighted by Gasteiger charge is -2.24. The number of para-hydroxylation sites is 1. The number of carbonyl (C=O) groups excluding carboxylic acids is 1. The Balaban J connectivity index is 2.35. The highest BCUT2D eigenvalue weighted by molar-refractivity contribution is 7.92. The average Bonchev–Trinajstić information content (AvgIpc) is 2.56. The van der Waals surface area contributed by atoms with Crippen molar-refractivity contribution < 1.29 is 13.2 Å². The van der Waals surface area contributed by atoms with Crippen LogP contribution in [0.1, 0.15) is 26.7 Å². The summed E-state index contributed by atoms with van der Waals surface area (Å²) < 4.78 is 27.5. The predicted molar refractivity (Wildman–Crippen MR) is 96.6 cm³/mol. The molecule has 0 aliphatic carbocycles. The van der Waals surface area contributed by atoms with Crippen LogP contribution in [0.4, 0.5) is 11.4 Å². The molecule has 5 nitrogen and oxygen atoms in total. The second-order valence-electron chi connectivity index (χ2n) is 5.47. The number of benzene rings is 2. The van der Waals surface area contributed by atoms with Crippen molar-refractivity contribution in [2.24, 2.45) is 0 Å². The molecule has 2 aromatic carbocycles. The molecule has 128 valence electrons. The highest BCUT2D eigenvalue weighted by atomic mass is 32.2. The number of amides is 1. The van der Waals surface area contributed by atoms with Gasteiger partial charge in [0.15, 0.2) is 0 Å². The van der Waals surface area contributed by atoms with Crippen LogP contribution in [0, 0.1) is 0 Å². The minimum Gasteiger partial charge on any atom is -0.326 e. The number of anilines is 2. The minimum absolute atomic E-state index is 0.195. The standard InChI is InChI=1S/C18H22N2O3S/c1-3-4-14-20(17-8-6-5-7-9-17)24(22,23)18-12-10-16(11-13-18)19-15(2)21/h5-13H,3-4,14H2,1-2H3,(H,19,21). The fourth-order valence-electron chi connectivity index (χ4n) is 2.32. The number of sulfonamides is 1. The van der Waals surface area contributed by atoms with Gasteiger partial charge in [-0.15, -0.1) is 0 Å². The Morgan fingerprint density at radius 1 is 1.04 bits per heavy atom. The molecule has 0 saturated heterocycles. The van der Waals surface area contributed by atoms with Crippen molar-refractivity contribution in [2.45, 2.75) is 31.6 Å². The highest BCUT2D eigenvalue weighted by Gasteiger charge is 2.24. The molecular weight excluding hydrogens is 324 g/mol. The molecule has 1 N–H and O–H groups in total. The maximum Gasteiger partial charge on any atom is 0.264 e. The van der Waals surface area contributed by atoms with Crippen molar-refractivity contribution in [3.05, 3.63) is 54.6 Å². The second-order valence-corrected chi connectivity index (χ2v) is 7.33. The van der Waals surface area contributed by atoms with Crippen molar-refractivity contribution in [1.82, 2.24) is 0 Å².